The lowest BCUT2D eigenvalue weighted by molar-refractivity contribution is -0.0403. The first-order valence-electron chi connectivity index (χ1n) is 49.6. The van der Waals surface area contributed by atoms with Gasteiger partial charge >= 0.3 is 35.8 Å². The van der Waals surface area contributed by atoms with Gasteiger partial charge in [0.1, 0.15) is 33.6 Å². The largest absolute Gasteiger partial charge is 0.456 e. The average Bonchev–Trinajstić information content (AvgIpc) is 1.62. The van der Waals surface area contributed by atoms with Gasteiger partial charge in [0, 0.05) is 0 Å². The Morgan fingerprint density at radius 1 is 0.328 bits per heavy atom. The molecule has 12 nitrogen and oxygen atoms in total. The number of rotatable bonds is 26. The summed E-state index contributed by atoms with van der Waals surface area (Å²) in [5, 5.41) is 0. The summed E-state index contributed by atoms with van der Waals surface area (Å²) in [5.41, 5.74) is 11.3. The highest BCUT2D eigenvalue weighted by Gasteiger charge is 2.41. The SMILES string of the molecule is CC1Cc2cc(C(=O)OC(C)(C)C3CCCCC3)ccc2C1C.CCC(C)c1cccc(C(=O)OC(C)(C)C2CCCCC2)c1.CCC(C)c1cccc(C(=O)OC2(C)CCCC2)c1.CCC(C)c1cccc(C(=O)OC2(C)CCCCC2)c1.CCC(C)c1cccc(C(=O)OC2(CC)CCCC2)c1.CCC(C)c1cccc(C(=O)OC2(CC)CCCCC2)c1. The molecule has 0 aromatic heterocycles. The molecule has 7 aliphatic carbocycles. The van der Waals surface area contributed by atoms with Crippen molar-refractivity contribution in [3.8, 4) is 0 Å². The van der Waals surface area contributed by atoms with Gasteiger partial charge in [0.2, 0.25) is 0 Å². The van der Waals surface area contributed by atoms with Gasteiger partial charge in [0.05, 0.1) is 33.4 Å². The van der Waals surface area contributed by atoms with Gasteiger partial charge in [-0.05, 0) is 386 Å². The molecule has 125 heavy (non-hydrogen) atoms. The quantitative estimate of drug-likeness (QED) is 0.0374. The van der Waals surface area contributed by atoms with E-state index in [1.807, 2.05) is 97.1 Å². The van der Waals surface area contributed by atoms with Crippen LogP contribution in [-0.2, 0) is 34.8 Å². The molecule has 688 valence electrons. The Bertz CT molecular complexity index is 4330. The third kappa shape index (κ3) is 30.4. The Kier molecular flexibility index (Phi) is 40.2. The lowest BCUT2D eigenvalue weighted by Crippen LogP contribution is -2.37. The molecule has 7 atom stereocenters. The van der Waals surface area contributed by atoms with Gasteiger partial charge in [-0.15, -0.1) is 0 Å². The molecule has 7 unspecified atom stereocenters. The third-order valence-corrected chi connectivity index (χ3v) is 30.1. The molecule has 0 spiro atoms. The smallest absolute Gasteiger partial charge is 0.338 e. The lowest BCUT2D eigenvalue weighted by atomic mass is 9.79. The summed E-state index contributed by atoms with van der Waals surface area (Å²) in [7, 11) is 0. The Labute approximate surface area is 756 Å². The highest BCUT2D eigenvalue weighted by atomic mass is 16.6. The molecule has 0 amide bonds. The second kappa shape index (κ2) is 49.1. The summed E-state index contributed by atoms with van der Waals surface area (Å²) in [4.78, 5) is 74.7. The standard InChI is InChI=1S/C21H30O2.C20H30O2.C19H28O2.2C18H26O2.C17H24O2/c1-14-12-17-13-16(10-11-19(17)15(14)2)20(22)23-21(3,4)18-8-6-5-7-9-18;1-5-15(2)16-10-9-11-17(14-16)19(21)22-20(3,4)18-12-7-6-8-13-18;1-4-15(3)16-10-9-11-17(14-16)18(20)21-19(5-2)12-7-6-8-13-19;1-4-14(2)15-9-8-10-16(13-15)17(19)20-18(3)11-6-5-7-12-18;1-4-14(3)15-9-8-10-16(13-15)17(19)20-18(5-2)11-6-7-12-18;1-4-13(2)14-8-7-9-15(12-14)16(18)19-17(3)10-5-6-11-17/h10-11,13-15,18H,5-9,12H2,1-4H3;9-11,14-15,18H,5-8,12-13H2,1-4H3;9-11,14-15H,4-8,12-13H2,1-3H3;2*8-10,13-14H,4-7,11-12H2,1-3H3;7-9,12-13H,4-6,10-11H2,1-3H3. The number of ether oxygens (including phenoxy) is 6. The maximum absolute atomic E-state index is 12.6. The molecule has 6 fully saturated rings. The number of carbonyl (C=O) groups is 6. The van der Waals surface area contributed by atoms with Crippen LogP contribution >= 0.6 is 0 Å². The van der Waals surface area contributed by atoms with Gasteiger partial charge in [-0.3, -0.25) is 0 Å². The first-order valence-corrected chi connectivity index (χ1v) is 49.6. The van der Waals surface area contributed by atoms with Crippen LogP contribution in [0.2, 0.25) is 0 Å². The van der Waals surface area contributed by atoms with Gasteiger partial charge in [-0.1, -0.05) is 215 Å². The number of carbonyl (C=O) groups excluding carboxylic acids is 6. The predicted octanol–water partition coefficient (Wildman–Crippen LogP) is 31.5. The minimum Gasteiger partial charge on any atom is -0.456 e. The highest BCUT2D eigenvalue weighted by Crippen LogP contribution is 2.43. The van der Waals surface area contributed by atoms with Crippen molar-refractivity contribution in [3.05, 3.63) is 212 Å². The van der Waals surface area contributed by atoms with E-state index >= 15 is 0 Å². The van der Waals surface area contributed by atoms with Crippen molar-refractivity contribution in [2.45, 2.75) is 439 Å². The molecule has 0 bridgehead atoms. The monoisotopic (exact) mass is 1710 g/mol. The Morgan fingerprint density at radius 3 is 0.880 bits per heavy atom. The fourth-order valence-electron chi connectivity index (χ4n) is 19.6. The van der Waals surface area contributed by atoms with Crippen molar-refractivity contribution in [1.29, 1.82) is 0 Å². The second-order valence-electron chi connectivity index (χ2n) is 40.3. The molecule has 13 rings (SSSR count). The van der Waals surface area contributed by atoms with Gasteiger partial charge in [0.15, 0.2) is 0 Å². The van der Waals surface area contributed by atoms with E-state index in [-0.39, 0.29) is 69.4 Å². The van der Waals surface area contributed by atoms with Crippen molar-refractivity contribution >= 4 is 35.8 Å². The van der Waals surface area contributed by atoms with Crippen LogP contribution < -0.4 is 0 Å². The molecule has 0 N–H and O–H groups in total. The van der Waals surface area contributed by atoms with Crippen LogP contribution in [0.3, 0.4) is 0 Å². The Balaban J connectivity index is 0.000000186. The van der Waals surface area contributed by atoms with E-state index in [2.05, 4.69) is 181 Å². The van der Waals surface area contributed by atoms with E-state index < -0.39 is 0 Å². The maximum atomic E-state index is 12.6. The molecule has 0 radical (unpaired) electrons. The molecular formula is C113H164O12. The van der Waals surface area contributed by atoms with Gasteiger partial charge < -0.3 is 28.4 Å². The van der Waals surface area contributed by atoms with E-state index in [1.54, 1.807) is 0 Å². The molecular weight excluding hydrogens is 1550 g/mol. The fourth-order valence-corrected chi connectivity index (χ4v) is 19.6. The molecule has 7 aliphatic rings. The highest BCUT2D eigenvalue weighted by molar-refractivity contribution is 5.93. The summed E-state index contributed by atoms with van der Waals surface area (Å²) in [5.74, 6) is 3.65. The fraction of sp³-hybridized carbons (Fsp3) is 0.628. The zero-order chi connectivity index (χ0) is 91.1. The van der Waals surface area contributed by atoms with Crippen LogP contribution in [0.1, 0.15) is 500 Å². The minimum absolute atomic E-state index is 0.149. The van der Waals surface area contributed by atoms with Crippen LogP contribution in [0.25, 0.3) is 0 Å². The summed E-state index contributed by atoms with van der Waals surface area (Å²) in [6, 6.07) is 45.7. The molecule has 6 aromatic rings. The number of benzene rings is 6. The minimum atomic E-state index is -0.371. The van der Waals surface area contributed by atoms with Crippen molar-refractivity contribution < 1.29 is 57.2 Å². The lowest BCUT2D eigenvalue weighted by Gasteiger charge is -2.36. The van der Waals surface area contributed by atoms with E-state index in [0.29, 0.717) is 86.6 Å². The zero-order valence-electron chi connectivity index (χ0n) is 81.3. The van der Waals surface area contributed by atoms with E-state index in [4.69, 9.17) is 28.4 Å². The first kappa shape index (κ1) is 103. The molecule has 6 saturated carbocycles. The molecule has 6 aromatic carbocycles. The number of hydrogen-bond donors (Lipinski definition) is 0. The summed E-state index contributed by atoms with van der Waals surface area (Å²) in [6.07, 6.45) is 40.6. The normalized spacial score (nSPS) is 20.0. The zero-order valence-corrected chi connectivity index (χ0v) is 81.3. The Hall–Kier alpha value is -7.86. The van der Waals surface area contributed by atoms with Gasteiger partial charge in [0.25, 0.3) is 0 Å². The van der Waals surface area contributed by atoms with Crippen molar-refractivity contribution in [3.63, 3.8) is 0 Å². The molecule has 0 aliphatic heterocycles. The average molecular weight is 1710 g/mol. The van der Waals surface area contributed by atoms with Gasteiger partial charge in [-0.2, -0.15) is 0 Å². The van der Waals surface area contributed by atoms with Crippen molar-refractivity contribution in [2.75, 3.05) is 0 Å². The van der Waals surface area contributed by atoms with Crippen molar-refractivity contribution in [2.24, 2.45) is 17.8 Å². The predicted molar refractivity (Wildman–Crippen MR) is 513 cm³/mol. The second-order valence-corrected chi connectivity index (χ2v) is 40.3. The van der Waals surface area contributed by atoms with Crippen LogP contribution in [0, 0.1) is 17.8 Å². The van der Waals surface area contributed by atoms with Crippen molar-refractivity contribution in [1.82, 2.24) is 0 Å². The Morgan fingerprint density at radius 2 is 0.584 bits per heavy atom. The number of hydrogen-bond acceptors (Lipinski definition) is 12. The van der Waals surface area contributed by atoms with Gasteiger partial charge in [-0.25, -0.2) is 28.8 Å². The molecule has 12 heteroatoms. The third-order valence-electron chi connectivity index (χ3n) is 30.1. The topological polar surface area (TPSA) is 158 Å². The first-order chi connectivity index (χ1) is 59.6. The van der Waals surface area contributed by atoms with Crippen LogP contribution in [0.15, 0.2) is 140 Å². The van der Waals surface area contributed by atoms with Crippen LogP contribution in [-0.4, -0.2) is 69.4 Å². The van der Waals surface area contributed by atoms with E-state index in [0.717, 1.165) is 128 Å². The molecule has 0 heterocycles. The summed E-state index contributed by atoms with van der Waals surface area (Å²) >= 11 is 0. The summed E-state index contributed by atoms with van der Waals surface area (Å²) < 4.78 is 35.1. The van der Waals surface area contributed by atoms with Crippen LogP contribution in [0.4, 0.5) is 0 Å². The summed E-state index contributed by atoms with van der Waals surface area (Å²) in [6.45, 7) is 43.0. The van der Waals surface area contributed by atoms with E-state index in [9.17, 15) is 28.8 Å². The number of fused-ring (bicyclic) bond motifs is 1. The molecule has 0 saturated heterocycles. The maximum Gasteiger partial charge on any atom is 0.338 e. The van der Waals surface area contributed by atoms with Crippen LogP contribution in [0.5, 0.6) is 0 Å². The van der Waals surface area contributed by atoms with E-state index in [1.165, 1.54) is 142 Å². The number of esters is 6.